The minimum absolute atomic E-state index is 0.185. The molecule has 0 radical (unpaired) electrons. The molecule has 0 unspecified atom stereocenters. The van der Waals surface area contributed by atoms with Crippen LogP contribution in [0.1, 0.15) is 6.42 Å². The maximum atomic E-state index is 11.7. The number of thioether (sulfide) groups is 2. The van der Waals surface area contributed by atoms with Gasteiger partial charge in [0, 0.05) is 9.92 Å². The SMILES string of the molecule is CSCC[C@@H](NC(=O)CSc1ccc(Cl)cc1)C(=O)O. The van der Waals surface area contributed by atoms with Gasteiger partial charge in [0.1, 0.15) is 6.04 Å². The van der Waals surface area contributed by atoms with E-state index in [1.807, 2.05) is 18.4 Å². The largest absolute Gasteiger partial charge is 0.480 e. The van der Waals surface area contributed by atoms with Crippen molar-refractivity contribution in [3.8, 4) is 0 Å². The number of hydrogen-bond donors (Lipinski definition) is 2. The summed E-state index contributed by atoms with van der Waals surface area (Å²) in [5.74, 6) is -0.394. The zero-order valence-electron chi connectivity index (χ0n) is 11.0. The van der Waals surface area contributed by atoms with Crippen LogP contribution in [0.25, 0.3) is 0 Å². The van der Waals surface area contributed by atoms with E-state index >= 15 is 0 Å². The average molecular weight is 334 g/mol. The summed E-state index contributed by atoms with van der Waals surface area (Å²) in [6.45, 7) is 0. The van der Waals surface area contributed by atoms with Crippen LogP contribution >= 0.6 is 35.1 Å². The van der Waals surface area contributed by atoms with Crippen molar-refractivity contribution in [2.24, 2.45) is 0 Å². The Bertz CT molecular complexity index is 453. The number of hydrogen-bond acceptors (Lipinski definition) is 4. The van der Waals surface area contributed by atoms with Gasteiger partial charge in [-0.25, -0.2) is 4.79 Å². The molecule has 0 heterocycles. The lowest BCUT2D eigenvalue weighted by atomic mass is 10.2. The molecule has 1 rings (SSSR count). The van der Waals surface area contributed by atoms with Crippen LogP contribution in [0.3, 0.4) is 0 Å². The third kappa shape index (κ3) is 6.54. The third-order valence-electron chi connectivity index (χ3n) is 2.43. The van der Waals surface area contributed by atoms with E-state index in [0.717, 1.165) is 4.90 Å². The third-order valence-corrected chi connectivity index (χ3v) is 4.34. The lowest BCUT2D eigenvalue weighted by molar-refractivity contribution is -0.141. The first kappa shape index (κ1) is 17.2. The smallest absolute Gasteiger partial charge is 0.326 e. The maximum Gasteiger partial charge on any atom is 0.326 e. The number of benzene rings is 1. The van der Waals surface area contributed by atoms with Crippen LogP contribution < -0.4 is 5.32 Å². The van der Waals surface area contributed by atoms with Crippen molar-refractivity contribution in [3.63, 3.8) is 0 Å². The molecule has 0 bridgehead atoms. The lowest BCUT2D eigenvalue weighted by Gasteiger charge is -2.13. The van der Waals surface area contributed by atoms with Crippen LogP contribution in [-0.4, -0.2) is 40.8 Å². The van der Waals surface area contributed by atoms with E-state index < -0.39 is 12.0 Å². The topological polar surface area (TPSA) is 66.4 Å². The van der Waals surface area contributed by atoms with Gasteiger partial charge in [0.25, 0.3) is 0 Å². The second-order valence-electron chi connectivity index (χ2n) is 3.98. The molecule has 0 saturated carbocycles. The molecule has 2 N–H and O–H groups in total. The average Bonchev–Trinajstić information content (AvgIpc) is 2.42. The minimum atomic E-state index is -0.996. The number of carbonyl (C=O) groups excluding carboxylic acids is 1. The van der Waals surface area contributed by atoms with Gasteiger partial charge in [0.15, 0.2) is 0 Å². The molecule has 0 fully saturated rings. The van der Waals surface area contributed by atoms with Crippen molar-refractivity contribution in [3.05, 3.63) is 29.3 Å². The normalized spacial score (nSPS) is 11.9. The molecule has 1 aromatic carbocycles. The summed E-state index contributed by atoms with van der Waals surface area (Å²) in [5, 5.41) is 12.2. The summed E-state index contributed by atoms with van der Waals surface area (Å²) < 4.78 is 0. The Balaban J connectivity index is 2.41. The Hall–Kier alpha value is -0.850. The van der Waals surface area contributed by atoms with Crippen molar-refractivity contribution >= 4 is 47.0 Å². The van der Waals surface area contributed by atoms with E-state index in [1.54, 1.807) is 23.9 Å². The van der Waals surface area contributed by atoms with Crippen molar-refractivity contribution in [1.82, 2.24) is 5.32 Å². The van der Waals surface area contributed by atoms with Crippen molar-refractivity contribution in [2.45, 2.75) is 17.4 Å². The molecule has 0 aromatic heterocycles. The number of aliphatic carboxylic acids is 1. The lowest BCUT2D eigenvalue weighted by Crippen LogP contribution is -2.42. The molecule has 0 aliphatic carbocycles. The summed E-state index contributed by atoms with van der Waals surface area (Å²) in [5.41, 5.74) is 0. The van der Waals surface area contributed by atoms with Gasteiger partial charge in [-0.2, -0.15) is 11.8 Å². The van der Waals surface area contributed by atoms with Crippen LogP contribution in [0.2, 0.25) is 5.02 Å². The molecule has 1 aromatic rings. The maximum absolute atomic E-state index is 11.7. The van der Waals surface area contributed by atoms with E-state index in [1.165, 1.54) is 11.8 Å². The van der Waals surface area contributed by atoms with Crippen LogP contribution in [0.15, 0.2) is 29.2 Å². The van der Waals surface area contributed by atoms with Crippen molar-refractivity contribution < 1.29 is 14.7 Å². The van der Waals surface area contributed by atoms with Gasteiger partial charge < -0.3 is 10.4 Å². The molecule has 0 spiro atoms. The highest BCUT2D eigenvalue weighted by Gasteiger charge is 2.19. The van der Waals surface area contributed by atoms with Crippen LogP contribution in [-0.2, 0) is 9.59 Å². The van der Waals surface area contributed by atoms with Crippen molar-refractivity contribution in [1.29, 1.82) is 0 Å². The van der Waals surface area contributed by atoms with E-state index in [-0.39, 0.29) is 11.7 Å². The predicted molar refractivity (Wildman–Crippen MR) is 84.7 cm³/mol. The van der Waals surface area contributed by atoms with Crippen LogP contribution in [0, 0.1) is 0 Å². The van der Waals surface area contributed by atoms with Gasteiger partial charge in [-0.15, -0.1) is 11.8 Å². The van der Waals surface area contributed by atoms with Crippen molar-refractivity contribution in [2.75, 3.05) is 17.8 Å². The fraction of sp³-hybridized carbons (Fsp3) is 0.385. The Morgan fingerprint density at radius 1 is 1.35 bits per heavy atom. The number of carboxylic acid groups (broad SMARTS) is 1. The second-order valence-corrected chi connectivity index (χ2v) is 6.45. The number of nitrogens with one attached hydrogen (secondary N) is 1. The monoisotopic (exact) mass is 333 g/mol. The standard InChI is InChI=1S/C13H16ClNO3S2/c1-19-7-6-11(13(17)18)15-12(16)8-20-10-4-2-9(14)3-5-10/h2-5,11H,6-8H2,1H3,(H,15,16)(H,17,18)/t11-/m1/s1. The fourth-order valence-electron chi connectivity index (χ4n) is 1.41. The first-order chi connectivity index (χ1) is 9.52. The number of carboxylic acids is 1. The fourth-order valence-corrected chi connectivity index (χ4v) is 2.72. The van der Waals surface area contributed by atoms with Crippen LogP contribution in [0.4, 0.5) is 0 Å². The van der Waals surface area contributed by atoms with Gasteiger partial charge in [0.05, 0.1) is 5.75 Å². The predicted octanol–water partition coefficient (Wildman–Crippen LogP) is 2.75. The molecule has 4 nitrogen and oxygen atoms in total. The molecule has 1 amide bonds. The summed E-state index contributed by atoms with van der Waals surface area (Å²) in [4.78, 5) is 23.7. The quantitative estimate of drug-likeness (QED) is 0.716. The first-order valence-electron chi connectivity index (χ1n) is 5.92. The molecular formula is C13H16ClNO3S2. The Kier molecular flexibility index (Phi) is 7.87. The Morgan fingerprint density at radius 3 is 2.55 bits per heavy atom. The highest BCUT2D eigenvalue weighted by Crippen LogP contribution is 2.20. The Labute approximate surface area is 131 Å². The van der Waals surface area contributed by atoms with Gasteiger partial charge in [-0.05, 0) is 42.7 Å². The van der Waals surface area contributed by atoms with E-state index in [9.17, 15) is 9.59 Å². The van der Waals surface area contributed by atoms with Crippen LogP contribution in [0.5, 0.6) is 0 Å². The highest BCUT2D eigenvalue weighted by molar-refractivity contribution is 8.00. The molecule has 0 saturated heterocycles. The molecule has 110 valence electrons. The van der Waals surface area contributed by atoms with Gasteiger partial charge in [0.2, 0.25) is 5.91 Å². The minimum Gasteiger partial charge on any atom is -0.480 e. The number of rotatable bonds is 8. The zero-order chi connectivity index (χ0) is 15.0. The van der Waals surface area contributed by atoms with E-state index in [2.05, 4.69) is 5.32 Å². The number of carbonyl (C=O) groups is 2. The second kappa shape index (κ2) is 9.15. The highest BCUT2D eigenvalue weighted by atomic mass is 35.5. The van der Waals surface area contributed by atoms with E-state index in [4.69, 9.17) is 16.7 Å². The molecule has 20 heavy (non-hydrogen) atoms. The summed E-state index contributed by atoms with van der Waals surface area (Å²) >= 11 is 8.67. The van der Waals surface area contributed by atoms with Gasteiger partial charge >= 0.3 is 5.97 Å². The van der Waals surface area contributed by atoms with Gasteiger partial charge in [-0.1, -0.05) is 11.6 Å². The number of amides is 1. The van der Waals surface area contributed by atoms with Gasteiger partial charge in [-0.3, -0.25) is 4.79 Å². The molecule has 1 atom stereocenters. The van der Waals surface area contributed by atoms with E-state index in [0.29, 0.717) is 17.2 Å². The summed E-state index contributed by atoms with van der Waals surface area (Å²) in [7, 11) is 0. The zero-order valence-corrected chi connectivity index (χ0v) is 13.4. The molecule has 0 aliphatic rings. The summed E-state index contributed by atoms with van der Waals surface area (Å²) in [6.07, 6.45) is 2.32. The molecule has 7 heteroatoms. The Morgan fingerprint density at radius 2 is 2.00 bits per heavy atom. The summed E-state index contributed by atoms with van der Waals surface area (Å²) in [6, 6.07) is 6.33. The first-order valence-corrected chi connectivity index (χ1v) is 8.68. The molecular weight excluding hydrogens is 318 g/mol. The molecule has 0 aliphatic heterocycles. The number of halogens is 1.